The van der Waals surface area contributed by atoms with E-state index < -0.39 is 12.1 Å². The maximum absolute atomic E-state index is 13.7. The van der Waals surface area contributed by atoms with Crippen molar-refractivity contribution in [1.29, 1.82) is 0 Å². The first-order chi connectivity index (χ1) is 19.3. The number of imidazole rings is 1. The number of rotatable bonds is 9. The number of benzene rings is 3. The van der Waals surface area contributed by atoms with Crippen LogP contribution < -0.4 is 4.90 Å². The summed E-state index contributed by atoms with van der Waals surface area (Å²) < 4.78 is 43.1. The van der Waals surface area contributed by atoms with Crippen LogP contribution in [-0.2, 0) is 11.3 Å². The van der Waals surface area contributed by atoms with E-state index in [0.717, 1.165) is 54.2 Å². The lowest BCUT2D eigenvalue weighted by Gasteiger charge is -2.34. The average molecular weight is 550 g/mol. The number of nitrogens with zero attached hydrogens (tertiary/aromatic N) is 5. The molecule has 0 bridgehead atoms. The lowest BCUT2D eigenvalue weighted by atomic mass is 10.1. The minimum atomic E-state index is -4.97. The Morgan fingerprint density at radius 2 is 1.60 bits per heavy atom. The van der Waals surface area contributed by atoms with Crippen molar-refractivity contribution in [2.24, 2.45) is 0 Å². The molecule has 1 aliphatic rings. The zero-order valence-electron chi connectivity index (χ0n) is 22.6. The maximum atomic E-state index is 13.7. The van der Waals surface area contributed by atoms with E-state index in [9.17, 15) is 18.0 Å². The molecule has 1 fully saturated rings. The molecule has 40 heavy (non-hydrogen) atoms. The number of alkyl halides is 3. The summed E-state index contributed by atoms with van der Waals surface area (Å²) in [5.74, 6) is -1.21. The molecule has 0 aliphatic carbocycles. The van der Waals surface area contributed by atoms with Gasteiger partial charge < -0.3 is 19.3 Å². The van der Waals surface area contributed by atoms with E-state index in [1.54, 1.807) is 18.2 Å². The van der Waals surface area contributed by atoms with Gasteiger partial charge in [-0.2, -0.15) is 13.2 Å². The first-order valence-corrected chi connectivity index (χ1v) is 13.8. The monoisotopic (exact) mass is 549 g/mol. The summed E-state index contributed by atoms with van der Waals surface area (Å²) in [6, 6.07) is 24.4. The van der Waals surface area contributed by atoms with Crippen molar-refractivity contribution in [3.63, 3.8) is 0 Å². The van der Waals surface area contributed by atoms with Gasteiger partial charge in [0.2, 0.25) is 0 Å². The van der Waals surface area contributed by atoms with Crippen LogP contribution >= 0.6 is 0 Å². The largest absolute Gasteiger partial charge is 0.471 e. The highest BCUT2D eigenvalue weighted by Crippen LogP contribution is 2.31. The molecule has 0 unspecified atom stereocenters. The smallest absolute Gasteiger partial charge is 0.319 e. The molecule has 2 heterocycles. The Balaban J connectivity index is 1.42. The van der Waals surface area contributed by atoms with Crippen LogP contribution in [0.3, 0.4) is 0 Å². The molecule has 0 N–H and O–H groups in total. The number of anilines is 1. The standard InChI is InChI=1S/C31H34F3N5O/c1-2-36-18-20-37(21-19-36)16-9-17-38(30(40)31(32,33)34)26-13-8-12-25(22-26)29-35-27-14-6-7-15-28(27)39(29)23-24-10-4-3-5-11-24/h3-8,10-15,22H,2,9,16-21,23H2,1H3. The fraction of sp³-hybridized carbons (Fsp3) is 0.355. The van der Waals surface area contributed by atoms with Crippen LogP contribution in [0.25, 0.3) is 22.4 Å². The molecule has 1 aliphatic heterocycles. The first kappa shape index (κ1) is 27.9. The Kier molecular flexibility index (Phi) is 8.52. The molecule has 9 heteroatoms. The van der Waals surface area contributed by atoms with Gasteiger partial charge in [0.25, 0.3) is 0 Å². The van der Waals surface area contributed by atoms with E-state index in [1.165, 1.54) is 0 Å². The number of hydrogen-bond donors (Lipinski definition) is 0. The average Bonchev–Trinajstić information content (AvgIpc) is 3.34. The Morgan fingerprint density at radius 3 is 2.33 bits per heavy atom. The molecule has 0 saturated carbocycles. The van der Waals surface area contributed by atoms with E-state index >= 15 is 0 Å². The molecule has 1 aromatic heterocycles. The van der Waals surface area contributed by atoms with E-state index in [1.807, 2.05) is 60.7 Å². The molecule has 0 spiro atoms. The third kappa shape index (κ3) is 6.37. The highest BCUT2D eigenvalue weighted by Gasteiger charge is 2.43. The quantitative estimate of drug-likeness (QED) is 0.270. The number of likely N-dealkylation sites (N-methyl/N-ethyl adjacent to an activating group) is 1. The normalized spacial score (nSPS) is 15.0. The van der Waals surface area contributed by atoms with Crippen LogP contribution in [0.2, 0.25) is 0 Å². The lowest BCUT2D eigenvalue weighted by Crippen LogP contribution is -2.47. The minimum Gasteiger partial charge on any atom is -0.319 e. The van der Waals surface area contributed by atoms with Gasteiger partial charge in [-0.25, -0.2) is 4.98 Å². The second-order valence-corrected chi connectivity index (χ2v) is 10.1. The number of aromatic nitrogens is 2. The van der Waals surface area contributed by atoms with Gasteiger partial charge in [0.05, 0.1) is 11.0 Å². The van der Waals surface area contributed by atoms with Gasteiger partial charge in [0.15, 0.2) is 0 Å². The van der Waals surface area contributed by atoms with Gasteiger partial charge in [-0.05, 0) is 49.3 Å². The minimum absolute atomic E-state index is 0.0176. The Labute approximate surface area is 232 Å². The van der Waals surface area contributed by atoms with Crippen molar-refractivity contribution >= 4 is 22.6 Å². The summed E-state index contributed by atoms with van der Waals surface area (Å²) in [4.78, 5) is 22.9. The third-order valence-electron chi connectivity index (χ3n) is 7.51. The molecule has 6 nitrogen and oxygen atoms in total. The van der Waals surface area contributed by atoms with Crippen molar-refractivity contribution in [1.82, 2.24) is 19.4 Å². The van der Waals surface area contributed by atoms with Gasteiger partial charge in [0, 0.05) is 50.5 Å². The van der Waals surface area contributed by atoms with Gasteiger partial charge in [0.1, 0.15) is 5.82 Å². The first-order valence-electron chi connectivity index (χ1n) is 13.8. The Hall–Kier alpha value is -3.69. The van der Waals surface area contributed by atoms with Gasteiger partial charge in [-0.1, -0.05) is 61.5 Å². The number of fused-ring (bicyclic) bond motifs is 1. The highest BCUT2D eigenvalue weighted by molar-refractivity contribution is 5.97. The van der Waals surface area contributed by atoms with Crippen LogP contribution in [0.15, 0.2) is 78.9 Å². The fourth-order valence-corrected chi connectivity index (χ4v) is 5.32. The summed E-state index contributed by atoms with van der Waals surface area (Å²) in [5.41, 5.74) is 3.68. The van der Waals surface area contributed by atoms with Gasteiger partial charge in [-0.3, -0.25) is 4.79 Å². The molecule has 4 aromatic rings. The van der Waals surface area contributed by atoms with Crippen LogP contribution in [-0.4, -0.2) is 77.2 Å². The molecule has 1 saturated heterocycles. The van der Waals surface area contributed by atoms with Crippen molar-refractivity contribution in [2.75, 3.05) is 50.7 Å². The molecule has 210 valence electrons. The lowest BCUT2D eigenvalue weighted by molar-refractivity contribution is -0.170. The van der Waals surface area contributed by atoms with Crippen molar-refractivity contribution in [2.45, 2.75) is 26.1 Å². The SMILES string of the molecule is CCN1CCN(CCCN(C(=O)C(F)(F)F)c2cccc(-c3nc4ccccc4n3Cc3ccccc3)c2)CC1. The molecular weight excluding hydrogens is 515 g/mol. The van der Waals surface area contributed by atoms with E-state index in [0.29, 0.717) is 30.9 Å². The second-order valence-electron chi connectivity index (χ2n) is 10.1. The number of piperazine rings is 1. The predicted molar refractivity (Wildman–Crippen MR) is 152 cm³/mol. The predicted octanol–water partition coefficient (Wildman–Crippen LogP) is 5.67. The number of amides is 1. The third-order valence-corrected chi connectivity index (χ3v) is 7.51. The summed E-state index contributed by atoms with van der Waals surface area (Å²) in [7, 11) is 0. The highest BCUT2D eigenvalue weighted by atomic mass is 19.4. The second kappa shape index (κ2) is 12.2. The van der Waals surface area contributed by atoms with Crippen LogP contribution in [0.1, 0.15) is 18.9 Å². The summed E-state index contributed by atoms with van der Waals surface area (Å²) in [5, 5.41) is 0. The number of carbonyl (C=O) groups excluding carboxylic acids is 1. The maximum Gasteiger partial charge on any atom is 0.471 e. The summed E-state index contributed by atoms with van der Waals surface area (Å²) in [6.45, 7) is 7.97. The summed E-state index contributed by atoms with van der Waals surface area (Å²) in [6.07, 6.45) is -4.52. The number of carbonyl (C=O) groups is 1. The number of halogens is 3. The van der Waals surface area contributed by atoms with E-state index in [-0.39, 0.29) is 12.2 Å². The summed E-state index contributed by atoms with van der Waals surface area (Å²) >= 11 is 0. The Bertz CT molecular complexity index is 1430. The molecule has 3 aromatic carbocycles. The van der Waals surface area contributed by atoms with E-state index in [4.69, 9.17) is 4.98 Å². The zero-order valence-corrected chi connectivity index (χ0v) is 22.6. The Morgan fingerprint density at radius 1 is 0.900 bits per heavy atom. The number of para-hydroxylation sites is 2. The molecule has 5 rings (SSSR count). The van der Waals surface area contributed by atoms with Crippen LogP contribution in [0.4, 0.5) is 18.9 Å². The molecule has 0 atom stereocenters. The molecular formula is C31H34F3N5O. The molecule has 1 amide bonds. The topological polar surface area (TPSA) is 44.6 Å². The molecule has 0 radical (unpaired) electrons. The number of hydrogen-bond acceptors (Lipinski definition) is 4. The zero-order chi connectivity index (χ0) is 28.1. The van der Waals surface area contributed by atoms with Crippen LogP contribution in [0.5, 0.6) is 0 Å². The van der Waals surface area contributed by atoms with Gasteiger partial charge in [-0.15, -0.1) is 0 Å². The van der Waals surface area contributed by atoms with Gasteiger partial charge >= 0.3 is 12.1 Å². The fourth-order valence-electron chi connectivity index (χ4n) is 5.32. The van der Waals surface area contributed by atoms with Crippen molar-refractivity contribution in [3.05, 3.63) is 84.4 Å². The van der Waals surface area contributed by atoms with Crippen molar-refractivity contribution < 1.29 is 18.0 Å². The van der Waals surface area contributed by atoms with Crippen molar-refractivity contribution in [3.8, 4) is 11.4 Å². The van der Waals surface area contributed by atoms with Crippen LogP contribution in [0, 0.1) is 0 Å². The van der Waals surface area contributed by atoms with E-state index in [2.05, 4.69) is 21.3 Å².